The minimum atomic E-state index is -0.979. The maximum atomic E-state index is 12.1. The molecule has 0 spiro atoms. The van der Waals surface area contributed by atoms with Crippen molar-refractivity contribution >= 4 is 34.0 Å². The molecular formula is C17H18ClNO2S. The minimum Gasteiger partial charge on any atom is -0.326 e. The van der Waals surface area contributed by atoms with Gasteiger partial charge in [0.25, 0.3) is 0 Å². The van der Waals surface area contributed by atoms with E-state index in [1.54, 1.807) is 24.5 Å². The fraction of sp³-hybridized carbons (Fsp3) is 0.235. The Morgan fingerprint density at radius 1 is 1.18 bits per heavy atom. The number of carbonyl (C=O) groups is 1. The number of halogens is 1. The highest BCUT2D eigenvalue weighted by atomic mass is 35.5. The van der Waals surface area contributed by atoms with E-state index in [9.17, 15) is 9.00 Å². The molecule has 0 aliphatic rings. The molecule has 0 saturated carbocycles. The number of hydrogen-bond acceptors (Lipinski definition) is 2. The van der Waals surface area contributed by atoms with Crippen molar-refractivity contribution in [2.45, 2.75) is 19.1 Å². The van der Waals surface area contributed by atoms with Crippen LogP contribution in [0.25, 0.3) is 0 Å². The van der Waals surface area contributed by atoms with Gasteiger partial charge in [-0.2, -0.15) is 0 Å². The zero-order valence-electron chi connectivity index (χ0n) is 12.6. The van der Waals surface area contributed by atoms with E-state index in [0.717, 1.165) is 11.1 Å². The van der Waals surface area contributed by atoms with Crippen LogP contribution in [0.1, 0.15) is 16.7 Å². The summed E-state index contributed by atoms with van der Waals surface area (Å²) in [5.74, 6) is 0.287. The van der Waals surface area contributed by atoms with E-state index in [4.69, 9.17) is 11.6 Å². The highest BCUT2D eigenvalue weighted by Gasteiger charge is 2.08. The van der Waals surface area contributed by atoms with Gasteiger partial charge < -0.3 is 5.32 Å². The van der Waals surface area contributed by atoms with Crippen molar-refractivity contribution in [2.75, 3.05) is 11.6 Å². The fourth-order valence-electron chi connectivity index (χ4n) is 2.08. The van der Waals surface area contributed by atoms with Crippen LogP contribution in [0.3, 0.4) is 0 Å². The molecule has 0 heterocycles. The summed E-state index contributed by atoms with van der Waals surface area (Å²) in [6.45, 7) is 2.01. The SMILES string of the molecule is Cc1ccc(CC(=O)Nc2ccc(Cl)c(C[S@](C)=O)c2)cc1. The van der Waals surface area contributed by atoms with Crippen molar-refractivity contribution in [3.8, 4) is 0 Å². The van der Waals surface area contributed by atoms with E-state index >= 15 is 0 Å². The van der Waals surface area contributed by atoms with Gasteiger partial charge in [0, 0.05) is 33.5 Å². The molecule has 3 nitrogen and oxygen atoms in total. The van der Waals surface area contributed by atoms with Gasteiger partial charge in [-0.1, -0.05) is 41.4 Å². The lowest BCUT2D eigenvalue weighted by Crippen LogP contribution is -2.14. The average molecular weight is 336 g/mol. The van der Waals surface area contributed by atoms with Gasteiger partial charge in [0.2, 0.25) is 5.91 Å². The van der Waals surface area contributed by atoms with Crippen LogP contribution < -0.4 is 5.32 Å². The number of carbonyl (C=O) groups excluding carboxylic acids is 1. The van der Waals surface area contributed by atoms with Crippen LogP contribution >= 0.6 is 11.6 Å². The van der Waals surface area contributed by atoms with Crippen molar-refractivity contribution in [3.05, 3.63) is 64.2 Å². The molecule has 0 radical (unpaired) electrons. The number of amides is 1. The summed E-state index contributed by atoms with van der Waals surface area (Å²) in [5.41, 5.74) is 3.57. The molecule has 0 bridgehead atoms. The van der Waals surface area contributed by atoms with Crippen LogP contribution in [0.15, 0.2) is 42.5 Å². The van der Waals surface area contributed by atoms with Crippen molar-refractivity contribution in [2.24, 2.45) is 0 Å². The summed E-state index contributed by atoms with van der Waals surface area (Å²) in [7, 11) is -0.979. The summed E-state index contributed by atoms with van der Waals surface area (Å²) < 4.78 is 11.3. The second-order valence-corrected chi connectivity index (χ2v) is 7.08. The first kappa shape index (κ1) is 16.7. The van der Waals surface area contributed by atoms with Crippen LogP contribution in [-0.2, 0) is 27.8 Å². The van der Waals surface area contributed by atoms with E-state index in [-0.39, 0.29) is 5.91 Å². The van der Waals surface area contributed by atoms with Gasteiger partial charge in [-0.05, 0) is 36.2 Å². The van der Waals surface area contributed by atoms with Crippen molar-refractivity contribution in [3.63, 3.8) is 0 Å². The van der Waals surface area contributed by atoms with Crippen molar-refractivity contribution in [1.29, 1.82) is 0 Å². The predicted molar refractivity (Wildman–Crippen MR) is 92.7 cm³/mol. The molecular weight excluding hydrogens is 318 g/mol. The van der Waals surface area contributed by atoms with E-state index in [1.165, 1.54) is 5.56 Å². The highest BCUT2D eigenvalue weighted by Crippen LogP contribution is 2.22. The number of anilines is 1. The Hall–Kier alpha value is -1.65. The normalized spacial score (nSPS) is 12.0. The number of hydrogen-bond donors (Lipinski definition) is 1. The van der Waals surface area contributed by atoms with Crippen LogP contribution in [-0.4, -0.2) is 16.4 Å². The number of nitrogens with one attached hydrogen (secondary N) is 1. The molecule has 0 saturated heterocycles. The second kappa shape index (κ2) is 7.56. The first-order valence-corrected chi connectivity index (χ1v) is 8.98. The molecule has 0 aromatic heterocycles. The Bertz CT molecular complexity index is 698. The third-order valence-electron chi connectivity index (χ3n) is 3.17. The molecule has 1 N–H and O–H groups in total. The van der Waals surface area contributed by atoms with Crippen LogP contribution in [0.5, 0.6) is 0 Å². The Balaban J connectivity index is 2.05. The molecule has 5 heteroatoms. The maximum Gasteiger partial charge on any atom is 0.228 e. The topological polar surface area (TPSA) is 46.2 Å². The maximum absolute atomic E-state index is 12.1. The lowest BCUT2D eigenvalue weighted by molar-refractivity contribution is -0.115. The largest absolute Gasteiger partial charge is 0.326 e. The molecule has 2 aromatic carbocycles. The first-order valence-electron chi connectivity index (χ1n) is 6.88. The van der Waals surface area contributed by atoms with Crippen LogP contribution in [0.4, 0.5) is 5.69 Å². The van der Waals surface area contributed by atoms with Gasteiger partial charge in [0.05, 0.1) is 6.42 Å². The number of benzene rings is 2. The summed E-state index contributed by atoms with van der Waals surface area (Å²) in [4.78, 5) is 12.1. The van der Waals surface area contributed by atoms with E-state index in [1.807, 2.05) is 31.2 Å². The Morgan fingerprint density at radius 3 is 2.50 bits per heavy atom. The Morgan fingerprint density at radius 2 is 1.86 bits per heavy atom. The van der Waals surface area contributed by atoms with E-state index in [2.05, 4.69) is 5.32 Å². The first-order chi connectivity index (χ1) is 10.4. The third-order valence-corrected chi connectivity index (χ3v) is 4.26. The standard InChI is InChI=1S/C17H18ClNO2S/c1-12-3-5-13(6-4-12)9-17(20)19-15-7-8-16(18)14(10-15)11-22(2)21/h3-8,10H,9,11H2,1-2H3,(H,19,20)/t22-/m0/s1. The molecule has 0 unspecified atom stereocenters. The average Bonchev–Trinajstić information content (AvgIpc) is 2.44. The molecule has 0 fully saturated rings. The Labute approximate surface area is 138 Å². The molecule has 2 aromatic rings. The van der Waals surface area contributed by atoms with Gasteiger partial charge in [0.15, 0.2) is 0 Å². The van der Waals surface area contributed by atoms with Crippen molar-refractivity contribution in [1.82, 2.24) is 0 Å². The smallest absolute Gasteiger partial charge is 0.228 e. The van der Waals surface area contributed by atoms with E-state index in [0.29, 0.717) is 22.9 Å². The zero-order valence-corrected chi connectivity index (χ0v) is 14.1. The number of aryl methyl sites for hydroxylation is 1. The fourth-order valence-corrected chi connectivity index (χ4v) is 3.02. The van der Waals surface area contributed by atoms with Gasteiger partial charge in [-0.15, -0.1) is 0 Å². The Kier molecular flexibility index (Phi) is 5.75. The molecule has 1 amide bonds. The zero-order chi connectivity index (χ0) is 16.1. The minimum absolute atomic E-state index is 0.0882. The van der Waals surface area contributed by atoms with Gasteiger partial charge in [-0.25, -0.2) is 0 Å². The summed E-state index contributed by atoms with van der Waals surface area (Å²) in [6.07, 6.45) is 1.94. The lowest BCUT2D eigenvalue weighted by Gasteiger charge is -2.09. The van der Waals surface area contributed by atoms with Gasteiger partial charge in [-0.3, -0.25) is 9.00 Å². The van der Waals surface area contributed by atoms with Crippen molar-refractivity contribution < 1.29 is 9.00 Å². The predicted octanol–water partition coefficient (Wildman–Crippen LogP) is 3.71. The lowest BCUT2D eigenvalue weighted by atomic mass is 10.1. The second-order valence-electron chi connectivity index (χ2n) is 5.23. The quantitative estimate of drug-likeness (QED) is 0.905. The molecule has 0 aliphatic carbocycles. The summed E-state index contributed by atoms with van der Waals surface area (Å²) in [6, 6.07) is 13.1. The molecule has 22 heavy (non-hydrogen) atoms. The monoisotopic (exact) mass is 335 g/mol. The third kappa shape index (κ3) is 4.97. The van der Waals surface area contributed by atoms with E-state index < -0.39 is 10.8 Å². The molecule has 116 valence electrons. The van der Waals surface area contributed by atoms with Gasteiger partial charge in [0.1, 0.15) is 0 Å². The molecule has 2 rings (SSSR count). The van der Waals surface area contributed by atoms with Gasteiger partial charge >= 0.3 is 0 Å². The van der Waals surface area contributed by atoms with Crippen LogP contribution in [0, 0.1) is 6.92 Å². The molecule has 1 atom stereocenters. The van der Waals surface area contributed by atoms with Crippen LogP contribution in [0.2, 0.25) is 5.02 Å². The molecule has 0 aliphatic heterocycles. The summed E-state index contributed by atoms with van der Waals surface area (Å²) >= 11 is 6.07. The number of rotatable bonds is 5. The summed E-state index contributed by atoms with van der Waals surface area (Å²) in [5, 5.41) is 3.41. The highest BCUT2D eigenvalue weighted by molar-refractivity contribution is 7.83.